The number of ether oxygens (including phenoxy) is 2. The largest absolute Gasteiger partial charge is 0.493 e. The summed E-state index contributed by atoms with van der Waals surface area (Å²) in [6.45, 7) is 6.03. The van der Waals surface area contributed by atoms with E-state index in [0.29, 0.717) is 54.4 Å². The minimum absolute atomic E-state index is 0.0448. The Morgan fingerprint density at radius 2 is 1.77 bits per heavy atom. The standard InChI is InChI=1S/C34H34N4O5S/c1-19-14-21(18-35)15-20(2)29(19)37-32(39)25-16-26-28(43-12-8-22-9-13-44-31(22)26)17-24(25)23-6-7-27(36-30(23)34(41)42-3)33(40)38-10-4-5-11-38/h6-7,9,13-17H,4-5,8,10-12,18,35H2,1-3H3,(H,37,39). The van der Waals surface area contributed by atoms with Crippen molar-refractivity contribution in [3.8, 4) is 27.3 Å². The summed E-state index contributed by atoms with van der Waals surface area (Å²) in [5.41, 5.74) is 12.5. The molecule has 2 aromatic carbocycles. The number of pyridine rings is 1. The van der Waals surface area contributed by atoms with Crippen LogP contribution in [0.5, 0.6) is 5.75 Å². The number of anilines is 1. The van der Waals surface area contributed by atoms with Crippen molar-refractivity contribution >= 4 is 34.8 Å². The summed E-state index contributed by atoms with van der Waals surface area (Å²) < 4.78 is 11.3. The van der Waals surface area contributed by atoms with Crippen LogP contribution in [0.1, 0.15) is 66.4 Å². The number of esters is 1. The molecule has 0 bridgehead atoms. The van der Waals surface area contributed by atoms with Crippen LogP contribution >= 0.6 is 11.3 Å². The monoisotopic (exact) mass is 610 g/mol. The van der Waals surface area contributed by atoms with Gasteiger partial charge in [-0.25, -0.2) is 9.78 Å². The number of aromatic nitrogens is 1. The number of fused-ring (bicyclic) bond motifs is 3. The van der Waals surface area contributed by atoms with Gasteiger partial charge in [-0.2, -0.15) is 0 Å². The summed E-state index contributed by atoms with van der Waals surface area (Å²) >= 11 is 1.59. The van der Waals surface area contributed by atoms with Gasteiger partial charge in [0.25, 0.3) is 11.8 Å². The molecule has 3 N–H and O–H groups in total. The minimum atomic E-state index is -0.706. The Morgan fingerprint density at radius 3 is 2.48 bits per heavy atom. The zero-order valence-electron chi connectivity index (χ0n) is 25.0. The highest BCUT2D eigenvalue weighted by atomic mass is 32.1. The van der Waals surface area contributed by atoms with Crippen LogP contribution in [0.25, 0.3) is 21.6 Å². The summed E-state index contributed by atoms with van der Waals surface area (Å²) in [4.78, 5) is 47.8. The van der Waals surface area contributed by atoms with Crippen LogP contribution in [-0.2, 0) is 17.7 Å². The van der Waals surface area contributed by atoms with Crippen LogP contribution in [-0.4, -0.2) is 54.5 Å². The van der Waals surface area contributed by atoms with Gasteiger partial charge in [0, 0.05) is 58.9 Å². The van der Waals surface area contributed by atoms with Gasteiger partial charge in [-0.15, -0.1) is 11.3 Å². The summed E-state index contributed by atoms with van der Waals surface area (Å²) in [6, 6.07) is 12.9. The highest BCUT2D eigenvalue weighted by Crippen LogP contribution is 2.43. The molecular weight excluding hydrogens is 576 g/mol. The van der Waals surface area contributed by atoms with Gasteiger partial charge in [-0.3, -0.25) is 9.59 Å². The molecule has 0 spiro atoms. The fourth-order valence-corrected chi connectivity index (χ4v) is 6.98. The maximum absolute atomic E-state index is 14.2. The lowest BCUT2D eigenvalue weighted by atomic mass is 9.93. The van der Waals surface area contributed by atoms with E-state index in [-0.39, 0.29) is 23.2 Å². The fraction of sp³-hybridized carbons (Fsp3) is 0.294. The Bertz CT molecular complexity index is 1770. The number of hydrogen-bond acceptors (Lipinski definition) is 8. The summed E-state index contributed by atoms with van der Waals surface area (Å²) in [5.74, 6) is -0.697. The van der Waals surface area contributed by atoms with Crippen molar-refractivity contribution in [3.05, 3.63) is 87.0 Å². The third-order valence-corrected chi connectivity index (χ3v) is 9.22. The molecule has 0 atom stereocenters. The SMILES string of the molecule is COC(=O)c1nc(C(=O)N2CCCC2)ccc1-c1cc2c(cc1C(=O)Nc1c(C)cc(CN)cc1C)-c1sccc1CCO2. The van der Waals surface area contributed by atoms with E-state index in [1.807, 2.05) is 37.4 Å². The molecule has 2 aliphatic rings. The Kier molecular flexibility index (Phi) is 8.20. The van der Waals surface area contributed by atoms with Gasteiger partial charge in [0.1, 0.15) is 11.4 Å². The molecule has 0 aliphatic carbocycles. The number of nitrogens with two attached hydrogens (primary N) is 1. The average Bonchev–Trinajstić information content (AvgIpc) is 3.71. The minimum Gasteiger partial charge on any atom is -0.493 e. The molecule has 9 nitrogen and oxygen atoms in total. The van der Waals surface area contributed by atoms with Gasteiger partial charge in [0.05, 0.1) is 13.7 Å². The van der Waals surface area contributed by atoms with Crippen molar-refractivity contribution in [1.82, 2.24) is 9.88 Å². The van der Waals surface area contributed by atoms with Gasteiger partial charge < -0.3 is 25.4 Å². The van der Waals surface area contributed by atoms with Gasteiger partial charge in [-0.1, -0.05) is 12.1 Å². The summed E-state index contributed by atoms with van der Waals surface area (Å²) in [7, 11) is 1.27. The van der Waals surface area contributed by atoms with Crippen molar-refractivity contribution in [3.63, 3.8) is 0 Å². The number of methoxy groups -OCH3 is 1. The maximum atomic E-state index is 14.2. The Hall–Kier alpha value is -4.54. The molecule has 0 radical (unpaired) electrons. The number of hydrogen-bond donors (Lipinski definition) is 2. The van der Waals surface area contributed by atoms with Crippen LogP contribution in [0, 0.1) is 13.8 Å². The third-order valence-electron chi connectivity index (χ3n) is 8.23. The van der Waals surface area contributed by atoms with E-state index in [2.05, 4.69) is 16.4 Å². The normalized spacial score (nSPS) is 13.9. The molecular formula is C34H34N4O5S. The van der Waals surface area contributed by atoms with Crippen molar-refractivity contribution in [2.45, 2.75) is 39.7 Å². The van der Waals surface area contributed by atoms with Gasteiger partial charge in [0.2, 0.25) is 0 Å². The molecule has 2 aliphatic heterocycles. The Balaban J connectivity index is 1.52. The van der Waals surface area contributed by atoms with Crippen molar-refractivity contribution in [2.24, 2.45) is 5.73 Å². The van der Waals surface area contributed by atoms with Crippen LogP contribution in [0.2, 0.25) is 0 Å². The number of carbonyl (C=O) groups excluding carboxylic acids is 3. The number of aryl methyl sites for hydroxylation is 2. The van der Waals surface area contributed by atoms with E-state index in [1.165, 1.54) is 7.11 Å². The first-order valence-electron chi connectivity index (χ1n) is 14.7. The lowest BCUT2D eigenvalue weighted by Crippen LogP contribution is -2.29. The van der Waals surface area contributed by atoms with Crippen molar-refractivity contribution in [1.29, 1.82) is 0 Å². The molecule has 44 heavy (non-hydrogen) atoms. The number of carbonyl (C=O) groups is 3. The molecule has 0 saturated carbocycles. The second-order valence-electron chi connectivity index (χ2n) is 11.1. The zero-order chi connectivity index (χ0) is 31.0. The van der Waals surface area contributed by atoms with Crippen LogP contribution in [0.15, 0.2) is 47.8 Å². The van der Waals surface area contributed by atoms with E-state index in [4.69, 9.17) is 15.2 Å². The molecule has 1 fully saturated rings. The van der Waals surface area contributed by atoms with Crippen LogP contribution in [0.4, 0.5) is 5.69 Å². The Labute approximate surface area is 260 Å². The first-order valence-corrected chi connectivity index (χ1v) is 15.5. The van der Waals surface area contributed by atoms with Gasteiger partial charge in [0.15, 0.2) is 5.69 Å². The van der Waals surface area contributed by atoms with Crippen molar-refractivity contribution in [2.75, 3.05) is 32.1 Å². The molecule has 4 aromatic rings. The van der Waals surface area contributed by atoms with Crippen LogP contribution in [0.3, 0.4) is 0 Å². The molecule has 2 amide bonds. The highest BCUT2D eigenvalue weighted by molar-refractivity contribution is 7.13. The number of likely N-dealkylation sites (tertiary alicyclic amines) is 1. The smallest absolute Gasteiger partial charge is 0.357 e. The molecule has 4 heterocycles. The van der Waals surface area contributed by atoms with Gasteiger partial charge >= 0.3 is 5.97 Å². The molecule has 10 heteroatoms. The van der Waals surface area contributed by atoms with E-state index >= 15 is 0 Å². The number of amides is 2. The zero-order valence-corrected chi connectivity index (χ0v) is 25.8. The summed E-state index contributed by atoms with van der Waals surface area (Å²) in [6.07, 6.45) is 2.60. The lowest BCUT2D eigenvalue weighted by Gasteiger charge is -2.19. The molecule has 0 unspecified atom stereocenters. The van der Waals surface area contributed by atoms with Gasteiger partial charge in [-0.05, 0) is 84.7 Å². The second-order valence-corrected chi connectivity index (χ2v) is 12.0. The molecule has 2 aromatic heterocycles. The van der Waals surface area contributed by atoms with E-state index in [9.17, 15) is 14.4 Å². The molecule has 6 rings (SSSR count). The lowest BCUT2D eigenvalue weighted by molar-refractivity contribution is 0.0594. The van der Waals surface area contributed by atoms with Crippen molar-refractivity contribution < 1.29 is 23.9 Å². The average molecular weight is 611 g/mol. The second kappa shape index (κ2) is 12.2. The quantitative estimate of drug-likeness (QED) is 0.266. The van der Waals surface area contributed by atoms with E-state index in [1.54, 1.807) is 34.4 Å². The fourth-order valence-electron chi connectivity index (χ4n) is 6.01. The van der Waals surface area contributed by atoms with Crippen LogP contribution < -0.4 is 15.8 Å². The van der Waals surface area contributed by atoms with E-state index in [0.717, 1.165) is 52.0 Å². The number of nitrogens with one attached hydrogen (secondary N) is 1. The maximum Gasteiger partial charge on any atom is 0.357 e. The topological polar surface area (TPSA) is 124 Å². The Morgan fingerprint density at radius 1 is 1.02 bits per heavy atom. The van der Waals surface area contributed by atoms with E-state index < -0.39 is 5.97 Å². The number of thiophene rings is 1. The first kappa shape index (κ1) is 29.5. The highest BCUT2D eigenvalue weighted by Gasteiger charge is 2.28. The first-order chi connectivity index (χ1) is 21.3. The molecule has 1 saturated heterocycles. The third kappa shape index (κ3) is 5.46. The number of nitrogens with zero attached hydrogens (tertiary/aromatic N) is 2. The number of rotatable bonds is 6. The number of benzene rings is 2. The predicted molar refractivity (Wildman–Crippen MR) is 170 cm³/mol. The molecule has 226 valence electrons. The predicted octanol–water partition coefficient (Wildman–Crippen LogP) is 5.76. The summed E-state index contributed by atoms with van der Waals surface area (Å²) in [5, 5.41) is 5.15.